The molecule has 0 amide bonds. The third kappa shape index (κ3) is 7.28. The van der Waals surface area contributed by atoms with Crippen LogP contribution in [-0.4, -0.2) is 128 Å². The first-order valence-electron chi connectivity index (χ1n) is 20.5. The number of ether oxygens (including phenoxy) is 7. The maximum absolute atomic E-state index is 14.3. The quantitative estimate of drug-likeness (QED) is 0.310. The van der Waals surface area contributed by atoms with Crippen LogP contribution in [0.25, 0.3) is 0 Å². The fourth-order valence-electron chi connectivity index (χ4n) is 9.83. The van der Waals surface area contributed by atoms with E-state index in [-0.39, 0.29) is 59.2 Å². The molecule has 59 heavy (non-hydrogen) atoms. The van der Waals surface area contributed by atoms with Gasteiger partial charge in [0.15, 0.2) is 53.4 Å². The number of hydrogen-bond donors (Lipinski definition) is 4. The van der Waals surface area contributed by atoms with E-state index in [1.807, 2.05) is 6.92 Å². The molecule has 0 bridgehead atoms. The Morgan fingerprint density at radius 2 is 1.44 bits per heavy atom. The van der Waals surface area contributed by atoms with Crippen molar-refractivity contribution in [2.24, 2.45) is 0 Å². The van der Waals surface area contributed by atoms with Crippen molar-refractivity contribution in [2.45, 2.75) is 177 Å². The smallest absolute Gasteiger partial charge is 0.198 e. The van der Waals surface area contributed by atoms with Crippen LogP contribution in [0.4, 0.5) is 0 Å². The van der Waals surface area contributed by atoms with Gasteiger partial charge in [0.25, 0.3) is 0 Å². The Morgan fingerprint density at radius 3 is 2.07 bits per heavy atom. The van der Waals surface area contributed by atoms with Crippen molar-refractivity contribution in [3.8, 4) is 5.75 Å². The largest absolute Gasteiger partial charge is 0.507 e. The monoisotopic (exact) mass is 824 g/mol. The van der Waals surface area contributed by atoms with Gasteiger partial charge in [0.1, 0.15) is 29.7 Å². The SMILES string of the molecule is C[C@@H]1O[C@@H](O[C@H]2[C@H](O)C[C@H](c3ccc4c(c3O)C(=O)C3=C(C4=O)[C@@]4(O)C(=O)C[C@](C)(O[C@H]5CC[C@H](O[C@H]6CCC(=O)[C@H](C)O6)[C@H](C)O5)C[C@@]4(O)C=C3)O[C@@H]2C)CCC1=O. The highest BCUT2D eigenvalue weighted by Crippen LogP contribution is 2.53. The molecule has 0 unspecified atom stereocenters. The van der Waals surface area contributed by atoms with Crippen molar-refractivity contribution >= 4 is 28.9 Å². The molecule has 16 nitrogen and oxygen atoms in total. The summed E-state index contributed by atoms with van der Waals surface area (Å²) in [6.07, 6.45) is -3.71. The highest BCUT2D eigenvalue weighted by atomic mass is 16.7. The third-order valence-corrected chi connectivity index (χ3v) is 13.0. The summed E-state index contributed by atoms with van der Waals surface area (Å²) < 4.78 is 42.1. The number of carbonyl (C=O) groups excluding carboxylic acids is 5. The third-order valence-electron chi connectivity index (χ3n) is 13.0. The maximum atomic E-state index is 14.3. The molecule has 16 heteroatoms. The van der Waals surface area contributed by atoms with Crippen LogP contribution in [0.5, 0.6) is 5.75 Å². The van der Waals surface area contributed by atoms with Gasteiger partial charge in [0.05, 0.1) is 47.3 Å². The molecule has 0 radical (unpaired) electrons. The minimum Gasteiger partial charge on any atom is -0.507 e. The van der Waals surface area contributed by atoms with Gasteiger partial charge in [-0.1, -0.05) is 12.1 Å². The molecule has 1 aromatic carbocycles. The van der Waals surface area contributed by atoms with Crippen LogP contribution in [0.2, 0.25) is 0 Å². The number of ketones is 5. The van der Waals surface area contributed by atoms with Crippen LogP contribution in [0, 0.1) is 0 Å². The average Bonchev–Trinajstić information content (AvgIpc) is 3.16. The van der Waals surface area contributed by atoms with Gasteiger partial charge in [-0.15, -0.1) is 0 Å². The van der Waals surface area contributed by atoms with Crippen molar-refractivity contribution < 1.29 is 77.6 Å². The van der Waals surface area contributed by atoms with Gasteiger partial charge in [-0.05, 0) is 53.2 Å². The zero-order valence-corrected chi connectivity index (χ0v) is 33.7. The summed E-state index contributed by atoms with van der Waals surface area (Å²) in [5.41, 5.74) is -7.96. The first-order chi connectivity index (χ1) is 27.8. The topological polar surface area (TPSA) is 231 Å². The second kappa shape index (κ2) is 15.4. The highest BCUT2D eigenvalue weighted by molar-refractivity contribution is 6.32. The lowest BCUT2D eigenvalue weighted by molar-refractivity contribution is -0.296. The maximum Gasteiger partial charge on any atom is 0.198 e. The second-order valence-corrected chi connectivity index (χ2v) is 17.4. The zero-order chi connectivity index (χ0) is 42.3. The Labute approximate surface area is 340 Å². The Kier molecular flexibility index (Phi) is 11.0. The summed E-state index contributed by atoms with van der Waals surface area (Å²) in [5.74, 6) is -3.26. The fraction of sp³-hybridized carbons (Fsp3) is 0.651. The lowest BCUT2D eigenvalue weighted by atomic mass is 9.57. The predicted molar refractivity (Wildman–Crippen MR) is 201 cm³/mol. The first-order valence-corrected chi connectivity index (χ1v) is 20.5. The van der Waals surface area contributed by atoms with Crippen molar-refractivity contribution in [3.63, 3.8) is 0 Å². The predicted octanol–water partition coefficient (Wildman–Crippen LogP) is 2.93. The van der Waals surface area contributed by atoms with Gasteiger partial charge in [0, 0.05) is 68.1 Å². The van der Waals surface area contributed by atoms with Crippen LogP contribution in [0.3, 0.4) is 0 Å². The van der Waals surface area contributed by atoms with Crippen molar-refractivity contribution in [2.75, 3.05) is 0 Å². The van der Waals surface area contributed by atoms with E-state index in [1.54, 1.807) is 27.7 Å². The minimum atomic E-state index is -2.81. The van der Waals surface area contributed by atoms with E-state index in [4.69, 9.17) is 33.2 Å². The number of rotatable bonds is 7. The number of benzene rings is 1. The number of carbonyl (C=O) groups is 5. The minimum absolute atomic E-state index is 0.0268. The van der Waals surface area contributed by atoms with Crippen LogP contribution in [0.1, 0.15) is 125 Å². The van der Waals surface area contributed by atoms with Crippen LogP contribution >= 0.6 is 0 Å². The number of hydrogen-bond acceptors (Lipinski definition) is 16. The molecule has 4 saturated heterocycles. The van der Waals surface area contributed by atoms with Crippen LogP contribution in [0.15, 0.2) is 35.4 Å². The van der Waals surface area contributed by atoms with E-state index in [1.165, 1.54) is 18.2 Å². The highest BCUT2D eigenvalue weighted by Gasteiger charge is 2.67. The molecule has 7 aliphatic rings. The molecule has 4 N–H and O–H groups in total. The summed E-state index contributed by atoms with van der Waals surface area (Å²) >= 11 is 0. The Morgan fingerprint density at radius 1 is 0.780 bits per heavy atom. The van der Waals surface area contributed by atoms with Crippen molar-refractivity contribution in [1.82, 2.24) is 0 Å². The van der Waals surface area contributed by atoms with Gasteiger partial charge in [-0.2, -0.15) is 0 Å². The van der Waals surface area contributed by atoms with Gasteiger partial charge in [-0.3, -0.25) is 24.0 Å². The van der Waals surface area contributed by atoms with Gasteiger partial charge in [0.2, 0.25) is 0 Å². The summed E-state index contributed by atoms with van der Waals surface area (Å²) in [5, 5.41) is 47.1. The fourth-order valence-corrected chi connectivity index (χ4v) is 9.83. The number of aromatic hydroxyl groups is 1. The summed E-state index contributed by atoms with van der Waals surface area (Å²) in [6.45, 7) is 8.44. The standard InChI is InChI=1S/C43H52O16/c1-19-26(44)8-11-32(54-19)57-29-10-13-34(56-21(29)3)59-41(5)17-31(47)43(52)36-25(14-15-42(43,51)18-41)38(49)35-24(39(36)50)7-6-23(37(35)48)30-16-28(46)40(22(4)53-30)58-33-12-9-27(45)20(2)55-33/h6-7,14-15,19-22,28-30,32-34,40,46,48,51-52H,8-13,16-18H2,1-5H3/t19-,20-,21-,22+,28+,29-,30+,32-,33-,34-,40+,41-,42-,43-/m0/s1. The molecule has 0 aromatic heterocycles. The van der Waals surface area contributed by atoms with Gasteiger partial charge in [-0.25, -0.2) is 0 Å². The number of fused-ring (bicyclic) bond motifs is 3. The van der Waals surface area contributed by atoms with E-state index >= 15 is 0 Å². The number of phenolic OH excluding ortho intramolecular Hbond substituents is 1. The number of aliphatic hydroxyl groups excluding tert-OH is 1. The molecule has 14 atom stereocenters. The molecule has 3 aliphatic carbocycles. The van der Waals surface area contributed by atoms with Gasteiger partial charge < -0.3 is 53.6 Å². The molecule has 4 aliphatic heterocycles. The number of aliphatic hydroxyl groups is 3. The first kappa shape index (κ1) is 42.2. The number of allylic oxidation sites excluding steroid dienone is 2. The molecular formula is C43H52O16. The Bertz CT molecular complexity index is 2000. The lowest BCUT2D eigenvalue weighted by Gasteiger charge is -2.53. The Balaban J connectivity index is 0.961. The van der Waals surface area contributed by atoms with Crippen molar-refractivity contribution in [1.29, 1.82) is 0 Å². The summed E-state index contributed by atoms with van der Waals surface area (Å²) in [4.78, 5) is 66.4. The molecule has 4 heterocycles. The van der Waals surface area contributed by atoms with E-state index in [9.17, 15) is 44.4 Å². The zero-order valence-electron chi connectivity index (χ0n) is 33.7. The normalized spacial score (nSPS) is 42.7. The molecule has 0 spiro atoms. The second-order valence-electron chi connectivity index (χ2n) is 17.4. The van der Waals surface area contributed by atoms with Crippen molar-refractivity contribution in [3.05, 3.63) is 52.1 Å². The lowest BCUT2D eigenvalue weighted by Crippen LogP contribution is -2.69. The summed E-state index contributed by atoms with van der Waals surface area (Å²) in [7, 11) is 0. The average molecular weight is 825 g/mol. The van der Waals surface area contributed by atoms with E-state index < -0.39 is 113 Å². The molecule has 1 aromatic rings. The van der Waals surface area contributed by atoms with Gasteiger partial charge >= 0.3 is 0 Å². The van der Waals surface area contributed by atoms with E-state index in [0.717, 1.165) is 6.08 Å². The van der Waals surface area contributed by atoms with E-state index in [2.05, 4.69) is 0 Å². The van der Waals surface area contributed by atoms with E-state index in [0.29, 0.717) is 32.1 Å². The number of phenols is 1. The Hall–Kier alpha value is -3.55. The summed E-state index contributed by atoms with van der Waals surface area (Å²) in [6, 6.07) is 2.69. The van der Waals surface area contributed by atoms with Crippen LogP contribution < -0.4 is 0 Å². The molecule has 320 valence electrons. The van der Waals surface area contributed by atoms with Crippen LogP contribution in [-0.2, 0) is 47.5 Å². The molecule has 5 fully saturated rings. The molecular weight excluding hydrogens is 772 g/mol. The molecule has 8 rings (SSSR count). The molecule has 1 saturated carbocycles. The number of Topliss-reactive ketones (excluding diaryl/α,β-unsaturated/α-hetero) is 5.